The second-order valence-corrected chi connectivity index (χ2v) is 12.5. The number of fused-ring (bicyclic) bond motifs is 2. The number of carbonyl (C=O) groups is 1. The van der Waals surface area contributed by atoms with Crippen LogP contribution in [-0.4, -0.2) is 54.6 Å². The Hall–Kier alpha value is -2.14. The maximum Gasteiger partial charge on any atom is 0.310 e. The van der Waals surface area contributed by atoms with E-state index in [0.29, 0.717) is 5.92 Å². The molecule has 37 heavy (non-hydrogen) atoms. The van der Waals surface area contributed by atoms with Crippen LogP contribution in [0.15, 0.2) is 65.7 Å². The van der Waals surface area contributed by atoms with Crippen LogP contribution in [0.2, 0.25) is 5.02 Å². The molecular formula is C32H39ClN2O2. The van der Waals surface area contributed by atoms with Gasteiger partial charge in [0.15, 0.2) is 0 Å². The van der Waals surface area contributed by atoms with Gasteiger partial charge in [0.05, 0.1) is 12.0 Å². The van der Waals surface area contributed by atoms with Crippen LogP contribution >= 0.6 is 11.6 Å². The zero-order valence-corrected chi connectivity index (χ0v) is 22.9. The van der Waals surface area contributed by atoms with Crippen molar-refractivity contribution in [2.24, 2.45) is 17.3 Å². The fourth-order valence-electron chi connectivity index (χ4n) is 7.70. The SMILES string of the molecule is CC1=C2C[C@H]3[C@H](CN4CCN([C@@H](c5ccccc5)c5ccc(Cl)cc5)CC4)C(=O)O[C@@H]3C[C@@]2(C)CCC1. The van der Waals surface area contributed by atoms with Gasteiger partial charge in [-0.1, -0.05) is 72.1 Å². The Kier molecular flexibility index (Phi) is 6.94. The number of carbonyl (C=O) groups excluding carboxylic acids is 1. The van der Waals surface area contributed by atoms with Gasteiger partial charge in [-0.25, -0.2) is 0 Å². The summed E-state index contributed by atoms with van der Waals surface area (Å²) >= 11 is 6.20. The first-order chi connectivity index (χ1) is 17.9. The zero-order valence-electron chi connectivity index (χ0n) is 22.2. The van der Waals surface area contributed by atoms with Crippen LogP contribution in [0.5, 0.6) is 0 Å². The molecule has 0 unspecified atom stereocenters. The predicted molar refractivity (Wildman–Crippen MR) is 149 cm³/mol. The minimum absolute atomic E-state index is 0.00418. The lowest BCUT2D eigenvalue weighted by Crippen LogP contribution is -2.50. The van der Waals surface area contributed by atoms with Gasteiger partial charge in [0.1, 0.15) is 6.10 Å². The van der Waals surface area contributed by atoms with Crippen molar-refractivity contribution in [2.45, 2.75) is 58.1 Å². The summed E-state index contributed by atoms with van der Waals surface area (Å²) in [6.07, 6.45) is 5.90. The number of esters is 1. The molecule has 2 aromatic carbocycles. The normalized spacial score (nSPS) is 31.5. The summed E-state index contributed by atoms with van der Waals surface area (Å²) in [6, 6.07) is 19.3. The van der Waals surface area contributed by atoms with E-state index >= 15 is 0 Å². The third-order valence-electron chi connectivity index (χ3n) is 9.71. The van der Waals surface area contributed by atoms with E-state index in [1.807, 2.05) is 12.1 Å². The largest absolute Gasteiger partial charge is 0.462 e. The molecule has 2 aliphatic carbocycles. The second kappa shape index (κ2) is 10.2. The molecule has 2 aliphatic heterocycles. The van der Waals surface area contributed by atoms with Crippen molar-refractivity contribution in [3.63, 3.8) is 0 Å². The average molecular weight is 519 g/mol. The summed E-state index contributed by atoms with van der Waals surface area (Å²) in [6.45, 7) is 9.44. The predicted octanol–water partition coefficient (Wildman–Crippen LogP) is 6.51. The number of nitrogens with zero attached hydrogens (tertiary/aromatic N) is 2. The molecule has 1 saturated carbocycles. The van der Waals surface area contributed by atoms with Crippen LogP contribution in [0.3, 0.4) is 0 Å². The van der Waals surface area contributed by atoms with E-state index in [9.17, 15) is 4.79 Å². The van der Waals surface area contributed by atoms with Crippen LogP contribution in [0.1, 0.15) is 63.1 Å². The minimum atomic E-state index is 0.00418. The molecule has 196 valence electrons. The molecule has 0 aromatic heterocycles. The number of halogens is 1. The van der Waals surface area contributed by atoms with Crippen LogP contribution in [0.4, 0.5) is 0 Å². The number of piperazine rings is 1. The highest BCUT2D eigenvalue weighted by Gasteiger charge is 2.53. The third-order valence-corrected chi connectivity index (χ3v) is 9.96. The van der Waals surface area contributed by atoms with Crippen molar-refractivity contribution >= 4 is 17.6 Å². The van der Waals surface area contributed by atoms with E-state index in [1.54, 1.807) is 11.1 Å². The van der Waals surface area contributed by atoms with Crippen molar-refractivity contribution < 1.29 is 9.53 Å². The molecule has 6 rings (SSSR count). The quantitative estimate of drug-likeness (QED) is 0.334. The first kappa shape index (κ1) is 25.2. The summed E-state index contributed by atoms with van der Waals surface area (Å²) in [5, 5.41) is 0.768. The highest BCUT2D eigenvalue weighted by atomic mass is 35.5. The van der Waals surface area contributed by atoms with Crippen molar-refractivity contribution in [3.8, 4) is 0 Å². The van der Waals surface area contributed by atoms with Crippen LogP contribution < -0.4 is 0 Å². The lowest BCUT2D eigenvalue weighted by atomic mass is 9.59. The van der Waals surface area contributed by atoms with Gasteiger partial charge in [0, 0.05) is 43.7 Å². The lowest BCUT2D eigenvalue weighted by Gasteiger charge is -2.46. The number of benzene rings is 2. The smallest absolute Gasteiger partial charge is 0.310 e. The van der Waals surface area contributed by atoms with E-state index in [1.165, 1.54) is 30.4 Å². The molecular weight excluding hydrogens is 480 g/mol. The van der Waals surface area contributed by atoms with E-state index in [2.05, 4.69) is 66.1 Å². The number of hydrogen-bond acceptors (Lipinski definition) is 4. The summed E-state index contributed by atoms with van der Waals surface area (Å²) < 4.78 is 6.04. The van der Waals surface area contributed by atoms with Crippen LogP contribution in [-0.2, 0) is 9.53 Å². The summed E-state index contributed by atoms with van der Waals surface area (Å²) in [4.78, 5) is 18.2. The maximum absolute atomic E-state index is 13.1. The van der Waals surface area contributed by atoms with Gasteiger partial charge in [0.25, 0.3) is 0 Å². The number of ether oxygens (including phenoxy) is 1. The van der Waals surface area contributed by atoms with Gasteiger partial charge in [-0.3, -0.25) is 14.6 Å². The van der Waals surface area contributed by atoms with E-state index in [-0.39, 0.29) is 29.4 Å². The average Bonchev–Trinajstić information content (AvgIpc) is 3.19. The van der Waals surface area contributed by atoms with Gasteiger partial charge in [0.2, 0.25) is 0 Å². The molecule has 3 fully saturated rings. The maximum atomic E-state index is 13.1. The molecule has 4 aliphatic rings. The van der Waals surface area contributed by atoms with E-state index in [4.69, 9.17) is 16.3 Å². The summed E-state index contributed by atoms with van der Waals surface area (Å²) in [5.74, 6) is 0.388. The fraction of sp³-hybridized carbons (Fsp3) is 0.531. The molecule has 0 spiro atoms. The van der Waals surface area contributed by atoms with Gasteiger partial charge in [-0.2, -0.15) is 0 Å². The van der Waals surface area contributed by atoms with E-state index < -0.39 is 0 Å². The first-order valence-corrected chi connectivity index (χ1v) is 14.5. The molecule has 4 nitrogen and oxygen atoms in total. The number of hydrogen-bond donors (Lipinski definition) is 0. The molecule has 0 N–H and O–H groups in total. The molecule has 5 heteroatoms. The van der Waals surface area contributed by atoms with Crippen LogP contribution in [0, 0.1) is 17.3 Å². The monoisotopic (exact) mass is 518 g/mol. The van der Waals surface area contributed by atoms with Gasteiger partial charge in [-0.05, 0) is 67.7 Å². The summed E-state index contributed by atoms with van der Waals surface area (Å²) in [7, 11) is 0. The van der Waals surface area contributed by atoms with Gasteiger partial charge < -0.3 is 4.74 Å². The standard InChI is InChI=1S/C32H39ClN2O2/c1-22-7-6-14-32(2)20-29-26(19-28(22)32)27(31(36)37-29)21-34-15-17-35(18-16-34)30(23-8-4-3-5-9-23)24-10-12-25(33)13-11-24/h3-5,8-13,26-27,29-30H,6-7,14-21H2,1-2H3/t26-,27-,29+,30-,32+/m0/s1. The second-order valence-electron chi connectivity index (χ2n) is 12.0. The van der Waals surface area contributed by atoms with Crippen molar-refractivity contribution in [1.29, 1.82) is 0 Å². The van der Waals surface area contributed by atoms with Crippen molar-refractivity contribution in [3.05, 3.63) is 81.9 Å². The Labute approximate surface area is 226 Å². The van der Waals surface area contributed by atoms with Gasteiger partial charge in [-0.15, -0.1) is 0 Å². The summed E-state index contributed by atoms with van der Waals surface area (Å²) in [5.41, 5.74) is 6.03. The van der Waals surface area contributed by atoms with Crippen molar-refractivity contribution in [1.82, 2.24) is 9.80 Å². The molecule has 0 radical (unpaired) electrons. The highest BCUT2D eigenvalue weighted by molar-refractivity contribution is 6.30. The third kappa shape index (κ3) is 4.89. The highest BCUT2D eigenvalue weighted by Crippen LogP contribution is 2.55. The Morgan fingerprint density at radius 2 is 1.73 bits per heavy atom. The lowest BCUT2D eigenvalue weighted by molar-refractivity contribution is -0.145. The van der Waals surface area contributed by atoms with Crippen LogP contribution in [0.25, 0.3) is 0 Å². The topological polar surface area (TPSA) is 32.8 Å². The molecule has 0 bridgehead atoms. The fourth-order valence-corrected chi connectivity index (χ4v) is 7.82. The Bertz CT molecular complexity index is 1160. The molecule has 2 aromatic rings. The Morgan fingerprint density at radius 3 is 2.46 bits per heavy atom. The molecule has 2 saturated heterocycles. The first-order valence-electron chi connectivity index (χ1n) is 14.1. The molecule has 5 atom stereocenters. The van der Waals surface area contributed by atoms with Gasteiger partial charge >= 0.3 is 5.97 Å². The number of allylic oxidation sites excluding steroid dienone is 2. The number of rotatable bonds is 5. The minimum Gasteiger partial charge on any atom is -0.462 e. The van der Waals surface area contributed by atoms with E-state index in [0.717, 1.165) is 50.6 Å². The molecule has 0 amide bonds. The zero-order chi connectivity index (χ0) is 25.6. The Balaban J connectivity index is 1.14. The molecule has 2 heterocycles. The Morgan fingerprint density at radius 1 is 1.03 bits per heavy atom. The van der Waals surface area contributed by atoms with Crippen molar-refractivity contribution in [2.75, 3.05) is 32.7 Å².